The van der Waals surface area contributed by atoms with E-state index < -0.39 is 25.0 Å². The molecule has 0 atom stereocenters. The minimum atomic E-state index is -1.65. The van der Waals surface area contributed by atoms with Crippen LogP contribution in [0.5, 0.6) is 0 Å². The summed E-state index contributed by atoms with van der Waals surface area (Å²) in [6.45, 7) is 20.4. The Balaban J connectivity index is 4.56. The minimum absolute atomic E-state index is 0.519. The molecule has 0 spiro atoms. The third-order valence-electron chi connectivity index (χ3n) is 1.79. The van der Waals surface area contributed by atoms with Crippen molar-refractivity contribution in [2.24, 2.45) is 5.16 Å². The Morgan fingerprint density at radius 1 is 0.684 bits per heavy atom. The predicted octanol–water partition coefficient (Wildman–Crippen LogP) is 3.90. The van der Waals surface area contributed by atoms with Crippen molar-refractivity contribution < 1.29 is 13.4 Å². The average Bonchev–Trinajstić information content (AvgIpc) is 2.11. The minimum Gasteiger partial charge on any atom is -0.456 e. The zero-order valence-corrected chi connectivity index (χ0v) is 17.1. The van der Waals surface area contributed by atoms with Gasteiger partial charge in [-0.15, -0.1) is 5.16 Å². The van der Waals surface area contributed by atoms with Crippen LogP contribution in [0.25, 0.3) is 0 Å². The van der Waals surface area contributed by atoms with Crippen molar-refractivity contribution in [1.29, 1.82) is 0 Å². The van der Waals surface area contributed by atoms with Crippen LogP contribution >= 0.6 is 0 Å². The maximum atomic E-state index is 5.90. The van der Waals surface area contributed by atoms with Crippen LogP contribution < -0.4 is 0 Å². The smallest absolute Gasteiger partial charge is 0.278 e. The zero-order valence-electron chi connectivity index (χ0n) is 14.1. The van der Waals surface area contributed by atoms with Gasteiger partial charge in [-0.1, -0.05) is 0 Å². The molecule has 0 aliphatic carbocycles. The van der Waals surface area contributed by atoms with Gasteiger partial charge in [0.2, 0.25) is 0 Å². The van der Waals surface area contributed by atoms with Gasteiger partial charge in [0.15, 0.2) is 16.6 Å². The fraction of sp³-hybridized carbons (Fsp3) is 0.917. The Morgan fingerprint density at radius 2 is 1.05 bits per heavy atom. The van der Waals surface area contributed by atoms with E-state index in [1.165, 1.54) is 0 Å². The summed E-state index contributed by atoms with van der Waals surface area (Å²) < 4.78 is 17.4. The normalized spacial score (nSPS) is 13.3. The molecular weight excluding hydrogens is 290 g/mol. The molecule has 0 aromatic heterocycles. The van der Waals surface area contributed by atoms with E-state index >= 15 is 0 Å². The van der Waals surface area contributed by atoms with Crippen molar-refractivity contribution in [3.05, 3.63) is 0 Å². The molecule has 0 bridgehead atoms. The van der Waals surface area contributed by atoms with Crippen molar-refractivity contribution in [1.82, 2.24) is 0 Å². The number of rotatable bonds is 8. The lowest BCUT2D eigenvalue weighted by Crippen LogP contribution is -2.34. The van der Waals surface area contributed by atoms with E-state index in [0.29, 0.717) is 13.2 Å². The molecule has 0 rings (SSSR count). The lowest BCUT2D eigenvalue weighted by molar-refractivity contribution is 0.298. The number of oxime groups is 1. The summed E-state index contributed by atoms with van der Waals surface area (Å²) in [4.78, 5) is 0. The van der Waals surface area contributed by atoms with E-state index in [9.17, 15) is 0 Å². The Kier molecular flexibility index (Phi) is 7.18. The van der Waals surface area contributed by atoms with Crippen molar-refractivity contribution in [3.63, 3.8) is 0 Å². The Bertz CT molecular complexity index is 281. The maximum Gasteiger partial charge on any atom is 0.278 e. The molecule has 4 nitrogen and oxygen atoms in total. The first-order valence-electron chi connectivity index (χ1n) is 6.80. The van der Waals surface area contributed by atoms with E-state index in [1.54, 1.807) is 0 Å². The highest BCUT2D eigenvalue weighted by molar-refractivity contribution is 6.70. The summed E-state index contributed by atoms with van der Waals surface area (Å²) in [6, 6.07) is 0. The van der Waals surface area contributed by atoms with Gasteiger partial charge in [-0.25, -0.2) is 0 Å². The van der Waals surface area contributed by atoms with Crippen LogP contribution in [0.2, 0.25) is 58.9 Å². The fourth-order valence-electron chi connectivity index (χ4n) is 0.895. The molecule has 0 aliphatic rings. The van der Waals surface area contributed by atoms with E-state index in [-0.39, 0.29) is 0 Å². The van der Waals surface area contributed by atoms with Gasteiger partial charge in [-0.2, -0.15) is 0 Å². The Morgan fingerprint density at radius 3 is 1.32 bits per heavy atom. The van der Waals surface area contributed by atoms with Crippen LogP contribution in [0.3, 0.4) is 0 Å². The zero-order chi connectivity index (χ0) is 15.3. The highest BCUT2D eigenvalue weighted by Crippen LogP contribution is 2.08. The monoisotopic (exact) mass is 321 g/mol. The number of hydrogen-bond acceptors (Lipinski definition) is 4. The summed E-state index contributed by atoms with van der Waals surface area (Å²) in [6.07, 6.45) is 0. The molecule has 0 fully saturated rings. The summed E-state index contributed by atoms with van der Waals surface area (Å²) in [7, 11) is -4.72. The van der Waals surface area contributed by atoms with E-state index in [1.807, 2.05) is 0 Å². The molecule has 114 valence electrons. The van der Waals surface area contributed by atoms with Crippen LogP contribution in [0.15, 0.2) is 5.16 Å². The van der Waals surface area contributed by atoms with Crippen molar-refractivity contribution in [2.75, 3.05) is 13.2 Å². The molecular formula is C12H31NO3Si3. The number of nitrogens with zero attached hydrogens (tertiary/aromatic N) is 1. The van der Waals surface area contributed by atoms with Crippen LogP contribution in [0.1, 0.15) is 0 Å². The van der Waals surface area contributed by atoms with E-state index in [4.69, 9.17) is 13.4 Å². The van der Waals surface area contributed by atoms with Crippen LogP contribution in [-0.2, 0) is 13.4 Å². The standard InChI is InChI=1S/C12H31NO3Si3/c1-17(2,3)14-10-12(11-15-18(4,5)6)13-16-19(7,8)9/h10-11H2,1-9H3. The SMILES string of the molecule is C[Si](C)(C)OCC(CO[Si](C)(C)C)=NO[Si](C)(C)C. The highest BCUT2D eigenvalue weighted by atomic mass is 28.4. The highest BCUT2D eigenvalue weighted by Gasteiger charge is 2.21. The number of hydrogen-bond donors (Lipinski definition) is 0. The first-order valence-corrected chi connectivity index (χ1v) is 17.0. The molecule has 0 radical (unpaired) electrons. The van der Waals surface area contributed by atoms with Crippen molar-refractivity contribution in [2.45, 2.75) is 58.9 Å². The van der Waals surface area contributed by atoms with Gasteiger partial charge in [0.05, 0.1) is 13.2 Å². The van der Waals surface area contributed by atoms with Gasteiger partial charge in [0.25, 0.3) is 8.32 Å². The molecule has 7 heteroatoms. The summed E-state index contributed by atoms with van der Waals surface area (Å²) in [5, 5.41) is 4.27. The first kappa shape index (κ1) is 19.0. The molecule has 0 saturated heterocycles. The third kappa shape index (κ3) is 14.3. The maximum absolute atomic E-state index is 5.90. The van der Waals surface area contributed by atoms with Gasteiger partial charge in [-0.05, 0) is 58.9 Å². The van der Waals surface area contributed by atoms with Gasteiger partial charge >= 0.3 is 0 Å². The third-order valence-corrected chi connectivity index (χ3v) is 4.45. The second-order valence-corrected chi connectivity index (χ2v) is 21.1. The Hall–Kier alpha value is 0.0406. The predicted molar refractivity (Wildman–Crippen MR) is 90.5 cm³/mol. The molecule has 0 unspecified atom stereocenters. The molecule has 0 amide bonds. The molecule has 0 saturated carbocycles. The largest absolute Gasteiger partial charge is 0.456 e. The Labute approximate surface area is 121 Å². The van der Waals surface area contributed by atoms with E-state index in [0.717, 1.165) is 5.71 Å². The first-order chi connectivity index (χ1) is 8.29. The quantitative estimate of drug-likeness (QED) is 0.387. The lowest BCUT2D eigenvalue weighted by Gasteiger charge is -2.22. The molecule has 0 aliphatic heterocycles. The molecule has 0 N–H and O–H groups in total. The van der Waals surface area contributed by atoms with Crippen molar-refractivity contribution in [3.8, 4) is 0 Å². The van der Waals surface area contributed by atoms with Gasteiger partial charge in [0.1, 0.15) is 5.71 Å². The molecule has 0 aromatic rings. The topological polar surface area (TPSA) is 40.0 Å². The van der Waals surface area contributed by atoms with Gasteiger partial charge in [0, 0.05) is 0 Å². The average molecular weight is 322 g/mol. The summed E-state index contributed by atoms with van der Waals surface area (Å²) in [5.41, 5.74) is 0.868. The summed E-state index contributed by atoms with van der Waals surface area (Å²) >= 11 is 0. The van der Waals surface area contributed by atoms with Crippen LogP contribution in [-0.4, -0.2) is 43.9 Å². The molecule has 0 heterocycles. The van der Waals surface area contributed by atoms with E-state index in [2.05, 4.69) is 64.1 Å². The summed E-state index contributed by atoms with van der Waals surface area (Å²) in [5.74, 6) is 0. The second-order valence-electron chi connectivity index (χ2n) is 7.66. The lowest BCUT2D eigenvalue weighted by atomic mass is 10.4. The van der Waals surface area contributed by atoms with Gasteiger partial charge < -0.3 is 13.4 Å². The fourth-order valence-corrected chi connectivity index (χ4v) is 2.50. The van der Waals surface area contributed by atoms with Crippen LogP contribution in [0.4, 0.5) is 0 Å². The molecule has 0 aromatic carbocycles. The van der Waals surface area contributed by atoms with Gasteiger partial charge in [-0.3, -0.25) is 0 Å². The van der Waals surface area contributed by atoms with Crippen LogP contribution in [0, 0.1) is 0 Å². The van der Waals surface area contributed by atoms with Crippen molar-refractivity contribution >= 4 is 30.7 Å². The molecule has 19 heavy (non-hydrogen) atoms. The second kappa shape index (κ2) is 7.16.